The number of nitrogens with zero attached hydrogens (tertiary/aromatic N) is 1. The van der Waals surface area contributed by atoms with E-state index in [1.165, 1.54) is 116 Å². The number of unbranched alkanes of at least 4 members (excludes halogenated alkanes) is 18. The van der Waals surface area contributed by atoms with Gasteiger partial charge in [0.05, 0.1) is 27.7 Å². The summed E-state index contributed by atoms with van der Waals surface area (Å²) in [5.74, 6) is -0.338. The Kier molecular flexibility index (Phi) is 23.8. The van der Waals surface area contributed by atoms with Crippen LogP contribution in [0, 0.1) is 0 Å². The van der Waals surface area contributed by atoms with Gasteiger partial charge >= 0.3 is 7.60 Å². The van der Waals surface area contributed by atoms with Crippen molar-refractivity contribution in [3.8, 4) is 0 Å². The number of allylic oxidation sites excluding steroid dienone is 2. The van der Waals surface area contributed by atoms with Gasteiger partial charge in [0.15, 0.2) is 5.78 Å². The molecule has 0 amide bonds. The molecule has 0 aliphatic heterocycles. The number of hydrogen-bond acceptors (Lipinski definition) is 2. The molecule has 2 unspecified atom stereocenters. The van der Waals surface area contributed by atoms with Crippen molar-refractivity contribution in [1.82, 2.24) is 0 Å². The highest BCUT2D eigenvalue weighted by Crippen LogP contribution is 2.51. The van der Waals surface area contributed by atoms with E-state index in [1.54, 1.807) is 0 Å². The van der Waals surface area contributed by atoms with Crippen LogP contribution in [-0.4, -0.2) is 42.9 Å². The third-order valence-corrected chi connectivity index (χ3v) is 9.51. The van der Waals surface area contributed by atoms with E-state index in [4.69, 9.17) is 4.52 Å². The van der Waals surface area contributed by atoms with Gasteiger partial charge in [-0.1, -0.05) is 122 Å². The summed E-state index contributed by atoms with van der Waals surface area (Å²) in [6, 6.07) is 0. The van der Waals surface area contributed by atoms with Crippen LogP contribution in [0.3, 0.4) is 0 Å². The second kappa shape index (κ2) is 23.9. The van der Waals surface area contributed by atoms with Gasteiger partial charge in [0, 0.05) is 6.42 Å². The molecule has 0 aliphatic rings. The van der Waals surface area contributed by atoms with Gasteiger partial charge < -0.3 is 13.9 Å². The number of quaternary nitrogens is 1. The minimum absolute atomic E-state index is 0.338. The van der Waals surface area contributed by atoms with Crippen molar-refractivity contribution in [2.24, 2.45) is 0 Å². The standard InChI is InChI=1S/C31H64NO3P/c1-6-8-9-10-11-12-13-14-15-16-17-18-19-20-21-22-23-24-25-26-27-28-30-35-36(33,34)31(29-7-2)32(3,4)5/h20-21,31H,6-19,22-30H2,1-5H3/p+1. The third kappa shape index (κ3) is 21.9. The summed E-state index contributed by atoms with van der Waals surface area (Å²) in [5.41, 5.74) is 0. The molecule has 0 spiro atoms. The molecule has 0 bridgehead atoms. The van der Waals surface area contributed by atoms with E-state index >= 15 is 0 Å². The van der Waals surface area contributed by atoms with Gasteiger partial charge in [-0.25, -0.2) is 0 Å². The van der Waals surface area contributed by atoms with Crippen LogP contribution in [0.5, 0.6) is 0 Å². The van der Waals surface area contributed by atoms with Crippen LogP contribution < -0.4 is 0 Å². The highest BCUT2D eigenvalue weighted by molar-refractivity contribution is 7.53. The van der Waals surface area contributed by atoms with Gasteiger partial charge in [-0.05, 0) is 38.5 Å². The molecule has 0 saturated carbocycles. The fourth-order valence-corrected chi connectivity index (χ4v) is 6.96. The summed E-state index contributed by atoms with van der Waals surface area (Å²) in [6.07, 6.45) is 32.8. The maximum absolute atomic E-state index is 12.7. The first-order chi connectivity index (χ1) is 17.3. The zero-order valence-electron chi connectivity index (χ0n) is 25.2. The zero-order chi connectivity index (χ0) is 27.0. The maximum atomic E-state index is 12.7. The summed E-state index contributed by atoms with van der Waals surface area (Å²) in [5, 5.41) is 0. The smallest absolute Gasteiger partial charge is 0.320 e. The van der Waals surface area contributed by atoms with Crippen LogP contribution in [0.15, 0.2) is 12.2 Å². The molecule has 0 radical (unpaired) electrons. The Labute approximate surface area is 226 Å². The minimum atomic E-state index is -3.57. The molecule has 216 valence electrons. The molecule has 0 rings (SSSR count). The summed E-state index contributed by atoms with van der Waals surface area (Å²) >= 11 is 0. The van der Waals surface area contributed by atoms with Gasteiger partial charge in [0.25, 0.3) is 0 Å². The van der Waals surface area contributed by atoms with Crippen molar-refractivity contribution in [3.05, 3.63) is 12.2 Å². The summed E-state index contributed by atoms with van der Waals surface area (Å²) in [7, 11) is 2.35. The lowest BCUT2D eigenvalue weighted by Crippen LogP contribution is -2.45. The fraction of sp³-hybridized carbons (Fsp3) is 0.935. The summed E-state index contributed by atoms with van der Waals surface area (Å²) in [4.78, 5) is 10.4. The minimum Gasteiger partial charge on any atom is -0.320 e. The van der Waals surface area contributed by atoms with E-state index in [2.05, 4.69) is 26.0 Å². The Morgan fingerprint density at radius 2 is 1.03 bits per heavy atom. The molecule has 0 saturated heterocycles. The Balaban J connectivity index is 3.46. The Morgan fingerprint density at radius 1 is 0.639 bits per heavy atom. The third-order valence-electron chi connectivity index (χ3n) is 7.25. The van der Waals surface area contributed by atoms with E-state index in [0.717, 1.165) is 19.3 Å². The maximum Gasteiger partial charge on any atom is 0.385 e. The van der Waals surface area contributed by atoms with E-state index in [0.29, 0.717) is 17.5 Å². The molecule has 0 aromatic carbocycles. The van der Waals surface area contributed by atoms with Gasteiger partial charge in [-0.2, -0.15) is 0 Å². The van der Waals surface area contributed by atoms with Gasteiger partial charge in [-0.15, -0.1) is 0 Å². The van der Waals surface area contributed by atoms with E-state index in [1.807, 2.05) is 21.1 Å². The Morgan fingerprint density at radius 3 is 1.42 bits per heavy atom. The van der Waals surface area contributed by atoms with Crippen LogP contribution in [0.2, 0.25) is 0 Å². The lowest BCUT2D eigenvalue weighted by molar-refractivity contribution is -0.883. The topological polar surface area (TPSA) is 46.5 Å². The second-order valence-corrected chi connectivity index (χ2v) is 13.8. The molecule has 2 atom stereocenters. The monoisotopic (exact) mass is 530 g/mol. The molecule has 0 aromatic rings. The number of hydrogen-bond donors (Lipinski definition) is 1. The van der Waals surface area contributed by atoms with Crippen molar-refractivity contribution in [1.29, 1.82) is 0 Å². The van der Waals surface area contributed by atoms with E-state index in [9.17, 15) is 9.46 Å². The first-order valence-electron chi connectivity index (χ1n) is 15.7. The Bertz CT molecular complexity index is 544. The van der Waals surface area contributed by atoms with Gasteiger partial charge in [0.1, 0.15) is 0 Å². The van der Waals surface area contributed by atoms with Gasteiger partial charge in [-0.3, -0.25) is 4.57 Å². The number of rotatable bonds is 27. The molecule has 0 heterocycles. The van der Waals surface area contributed by atoms with Crippen LogP contribution in [0.4, 0.5) is 0 Å². The first-order valence-corrected chi connectivity index (χ1v) is 17.3. The molecule has 4 nitrogen and oxygen atoms in total. The van der Waals surface area contributed by atoms with Crippen molar-refractivity contribution in [2.75, 3.05) is 27.7 Å². The average Bonchev–Trinajstić information content (AvgIpc) is 2.82. The normalized spacial score (nSPS) is 14.9. The lowest BCUT2D eigenvalue weighted by atomic mass is 10.0. The second-order valence-electron chi connectivity index (χ2n) is 11.8. The molecule has 0 fully saturated rings. The van der Waals surface area contributed by atoms with Crippen LogP contribution >= 0.6 is 7.60 Å². The van der Waals surface area contributed by atoms with Gasteiger partial charge in [0.2, 0.25) is 0 Å². The Hall–Kier alpha value is -0.150. The van der Waals surface area contributed by atoms with Crippen molar-refractivity contribution >= 4 is 7.60 Å². The van der Waals surface area contributed by atoms with Crippen molar-refractivity contribution < 1.29 is 18.5 Å². The predicted molar refractivity (Wildman–Crippen MR) is 160 cm³/mol. The lowest BCUT2D eigenvalue weighted by Gasteiger charge is -2.35. The largest absolute Gasteiger partial charge is 0.385 e. The molecule has 0 aromatic heterocycles. The van der Waals surface area contributed by atoms with Crippen LogP contribution in [-0.2, 0) is 9.09 Å². The van der Waals surface area contributed by atoms with Crippen molar-refractivity contribution in [3.63, 3.8) is 0 Å². The van der Waals surface area contributed by atoms with Crippen molar-refractivity contribution in [2.45, 2.75) is 161 Å². The fourth-order valence-electron chi connectivity index (χ4n) is 4.94. The highest BCUT2D eigenvalue weighted by Gasteiger charge is 2.41. The molecule has 36 heavy (non-hydrogen) atoms. The zero-order valence-corrected chi connectivity index (χ0v) is 26.0. The van der Waals surface area contributed by atoms with Crippen LogP contribution in [0.1, 0.15) is 155 Å². The summed E-state index contributed by atoms with van der Waals surface area (Å²) in [6.45, 7) is 4.74. The van der Waals surface area contributed by atoms with Crippen LogP contribution in [0.25, 0.3) is 0 Å². The molecular formula is C31H65NO3P+. The molecular weight excluding hydrogens is 465 g/mol. The quantitative estimate of drug-likeness (QED) is 0.0497. The molecule has 5 heteroatoms. The average molecular weight is 531 g/mol. The SMILES string of the molecule is CCCCCCCCCCCCCCC=CCCCCCCCCOP(=O)(O)C(CCC)[N+](C)(C)C. The van der Waals surface area contributed by atoms with E-state index < -0.39 is 7.60 Å². The van der Waals surface area contributed by atoms with E-state index in [-0.39, 0.29) is 5.78 Å². The molecule has 0 aliphatic carbocycles. The molecule has 1 N–H and O–H groups in total. The first kappa shape index (κ1) is 35.9. The summed E-state index contributed by atoms with van der Waals surface area (Å²) < 4.78 is 18.6. The predicted octanol–water partition coefficient (Wildman–Crippen LogP) is 10.4. The highest BCUT2D eigenvalue weighted by atomic mass is 31.2.